The molecule has 6 heteroatoms. The largest absolute Gasteiger partial charge is 0.458 e. The Morgan fingerprint density at radius 1 is 1.32 bits per heavy atom. The Labute approximate surface area is 130 Å². The predicted octanol–water partition coefficient (Wildman–Crippen LogP) is 3.06. The number of esters is 1. The van der Waals surface area contributed by atoms with Crippen molar-refractivity contribution in [2.45, 2.75) is 51.2 Å². The first-order valence-electron chi connectivity index (χ1n) is 7.75. The van der Waals surface area contributed by atoms with E-state index in [1.165, 1.54) is 56.4 Å². The molecule has 0 saturated heterocycles. The van der Waals surface area contributed by atoms with Crippen LogP contribution in [-0.4, -0.2) is 29.6 Å². The number of rotatable bonds is 6. The van der Waals surface area contributed by atoms with Crippen LogP contribution in [0.25, 0.3) is 0 Å². The van der Waals surface area contributed by atoms with Crippen LogP contribution >= 0.6 is 0 Å². The van der Waals surface area contributed by atoms with Gasteiger partial charge in [-0.2, -0.15) is 0 Å². The Morgan fingerprint density at radius 2 is 1.95 bits per heavy atom. The summed E-state index contributed by atoms with van der Waals surface area (Å²) in [5.41, 5.74) is 0.290. The van der Waals surface area contributed by atoms with E-state index in [0.29, 0.717) is 18.2 Å². The summed E-state index contributed by atoms with van der Waals surface area (Å²) in [5, 5.41) is 14.0. The third-order valence-corrected chi connectivity index (χ3v) is 3.92. The van der Waals surface area contributed by atoms with Crippen molar-refractivity contribution in [1.82, 2.24) is 5.32 Å². The summed E-state index contributed by atoms with van der Waals surface area (Å²) in [6.45, 7) is 2.47. The quantitative estimate of drug-likeness (QED) is 0.496. The SMILES string of the molecule is C[C@H](CNC1CCCCC1)OC(=O)c1ccc([N+](=O)[O-])cc1. The van der Waals surface area contributed by atoms with Crippen molar-refractivity contribution >= 4 is 11.7 Å². The van der Waals surface area contributed by atoms with Gasteiger partial charge in [-0.3, -0.25) is 10.1 Å². The van der Waals surface area contributed by atoms with Crippen molar-refractivity contribution in [3.05, 3.63) is 39.9 Å². The molecule has 0 aliphatic heterocycles. The highest BCUT2D eigenvalue weighted by molar-refractivity contribution is 5.89. The van der Waals surface area contributed by atoms with Gasteiger partial charge in [-0.05, 0) is 31.9 Å². The van der Waals surface area contributed by atoms with E-state index in [1.807, 2.05) is 6.92 Å². The lowest BCUT2D eigenvalue weighted by Gasteiger charge is -2.24. The van der Waals surface area contributed by atoms with E-state index in [2.05, 4.69) is 5.32 Å². The van der Waals surface area contributed by atoms with E-state index >= 15 is 0 Å². The molecule has 120 valence electrons. The van der Waals surface area contributed by atoms with E-state index in [0.717, 1.165) is 0 Å². The molecule has 22 heavy (non-hydrogen) atoms. The Hall–Kier alpha value is -1.95. The van der Waals surface area contributed by atoms with Crippen LogP contribution in [0.2, 0.25) is 0 Å². The van der Waals surface area contributed by atoms with Crippen LogP contribution in [0.4, 0.5) is 5.69 Å². The topological polar surface area (TPSA) is 81.5 Å². The van der Waals surface area contributed by atoms with Crippen LogP contribution < -0.4 is 5.32 Å². The van der Waals surface area contributed by atoms with Gasteiger partial charge in [0.1, 0.15) is 6.10 Å². The highest BCUT2D eigenvalue weighted by Gasteiger charge is 2.17. The van der Waals surface area contributed by atoms with Gasteiger partial charge < -0.3 is 10.1 Å². The predicted molar refractivity (Wildman–Crippen MR) is 82.8 cm³/mol. The zero-order valence-electron chi connectivity index (χ0n) is 12.8. The molecule has 0 aromatic heterocycles. The number of hydrogen-bond acceptors (Lipinski definition) is 5. The zero-order chi connectivity index (χ0) is 15.9. The van der Waals surface area contributed by atoms with Crippen molar-refractivity contribution in [3.8, 4) is 0 Å². The first-order chi connectivity index (χ1) is 10.6. The van der Waals surface area contributed by atoms with Crippen molar-refractivity contribution < 1.29 is 14.5 Å². The lowest BCUT2D eigenvalue weighted by molar-refractivity contribution is -0.384. The second-order valence-corrected chi connectivity index (χ2v) is 5.76. The molecule has 1 aliphatic rings. The monoisotopic (exact) mass is 306 g/mol. The molecule has 0 spiro atoms. The van der Waals surface area contributed by atoms with Gasteiger partial charge in [-0.15, -0.1) is 0 Å². The molecule has 2 rings (SSSR count). The third kappa shape index (κ3) is 4.80. The number of carbonyl (C=O) groups is 1. The Balaban J connectivity index is 1.78. The number of carbonyl (C=O) groups excluding carboxylic acids is 1. The highest BCUT2D eigenvalue weighted by Crippen LogP contribution is 2.17. The van der Waals surface area contributed by atoms with Gasteiger partial charge in [0.25, 0.3) is 5.69 Å². The number of nitrogens with one attached hydrogen (secondary N) is 1. The molecule has 0 amide bonds. The number of nitrogens with zero attached hydrogens (tertiary/aromatic N) is 1. The summed E-state index contributed by atoms with van der Waals surface area (Å²) >= 11 is 0. The maximum Gasteiger partial charge on any atom is 0.338 e. The van der Waals surface area contributed by atoms with Crippen molar-refractivity contribution in [2.24, 2.45) is 0 Å². The smallest absolute Gasteiger partial charge is 0.338 e. The van der Waals surface area contributed by atoms with Crippen LogP contribution in [0.15, 0.2) is 24.3 Å². The van der Waals surface area contributed by atoms with Crippen molar-refractivity contribution in [3.63, 3.8) is 0 Å². The fourth-order valence-corrected chi connectivity index (χ4v) is 2.65. The van der Waals surface area contributed by atoms with Gasteiger partial charge in [-0.1, -0.05) is 19.3 Å². The van der Waals surface area contributed by atoms with Crippen LogP contribution in [0.5, 0.6) is 0 Å². The number of non-ortho nitro benzene ring substituents is 1. The third-order valence-electron chi connectivity index (χ3n) is 3.92. The molecule has 0 bridgehead atoms. The lowest BCUT2D eigenvalue weighted by Crippen LogP contribution is -2.37. The Morgan fingerprint density at radius 3 is 2.55 bits per heavy atom. The second kappa shape index (κ2) is 7.89. The summed E-state index contributed by atoms with van der Waals surface area (Å²) in [6.07, 6.45) is 5.96. The van der Waals surface area contributed by atoms with Crippen molar-refractivity contribution in [2.75, 3.05) is 6.54 Å². The molecule has 1 fully saturated rings. The first-order valence-corrected chi connectivity index (χ1v) is 7.75. The minimum Gasteiger partial charge on any atom is -0.458 e. The van der Waals surface area contributed by atoms with Gasteiger partial charge in [0.05, 0.1) is 10.5 Å². The number of hydrogen-bond donors (Lipinski definition) is 1. The molecule has 0 radical (unpaired) electrons. The van der Waals surface area contributed by atoms with E-state index in [1.54, 1.807) is 0 Å². The van der Waals surface area contributed by atoms with Gasteiger partial charge in [0.2, 0.25) is 0 Å². The number of ether oxygens (including phenoxy) is 1. The van der Waals surface area contributed by atoms with Gasteiger partial charge in [0, 0.05) is 24.7 Å². The maximum absolute atomic E-state index is 12.0. The fraction of sp³-hybridized carbons (Fsp3) is 0.562. The summed E-state index contributed by atoms with van der Waals surface area (Å²) in [5.74, 6) is -0.451. The van der Waals surface area contributed by atoms with Crippen molar-refractivity contribution in [1.29, 1.82) is 0 Å². The molecule has 1 saturated carbocycles. The zero-order valence-corrected chi connectivity index (χ0v) is 12.8. The maximum atomic E-state index is 12.0. The van der Waals surface area contributed by atoms with Gasteiger partial charge in [-0.25, -0.2) is 4.79 Å². The summed E-state index contributed by atoms with van der Waals surface area (Å²) in [6, 6.07) is 5.97. The number of nitro groups is 1. The summed E-state index contributed by atoms with van der Waals surface area (Å²) < 4.78 is 5.36. The molecule has 1 aromatic rings. The Bertz CT molecular complexity index is 509. The minimum atomic E-state index is -0.494. The van der Waals surface area contributed by atoms with E-state index in [4.69, 9.17) is 4.74 Å². The lowest BCUT2D eigenvalue weighted by atomic mass is 9.95. The summed E-state index contributed by atoms with van der Waals surface area (Å²) in [7, 11) is 0. The number of nitro benzene ring substituents is 1. The molecule has 0 heterocycles. The van der Waals surface area contributed by atoms with Crippen LogP contribution in [0.1, 0.15) is 49.4 Å². The van der Waals surface area contributed by atoms with Gasteiger partial charge in [0.15, 0.2) is 0 Å². The molecular weight excluding hydrogens is 284 g/mol. The second-order valence-electron chi connectivity index (χ2n) is 5.76. The highest BCUT2D eigenvalue weighted by atomic mass is 16.6. The van der Waals surface area contributed by atoms with Gasteiger partial charge >= 0.3 is 5.97 Å². The molecule has 1 aromatic carbocycles. The molecule has 1 aliphatic carbocycles. The summed E-state index contributed by atoms with van der Waals surface area (Å²) in [4.78, 5) is 22.0. The van der Waals surface area contributed by atoms with Crippen LogP contribution in [0, 0.1) is 10.1 Å². The van der Waals surface area contributed by atoms with Crippen LogP contribution in [0.3, 0.4) is 0 Å². The molecule has 6 nitrogen and oxygen atoms in total. The van der Waals surface area contributed by atoms with Crippen LogP contribution in [-0.2, 0) is 4.74 Å². The molecular formula is C16H22N2O4. The molecule has 1 atom stereocenters. The average molecular weight is 306 g/mol. The first kappa shape index (κ1) is 16.4. The molecule has 1 N–H and O–H groups in total. The van der Waals surface area contributed by atoms with E-state index in [-0.39, 0.29) is 11.8 Å². The normalized spacial score (nSPS) is 17.0. The van der Waals surface area contributed by atoms with E-state index in [9.17, 15) is 14.9 Å². The number of benzene rings is 1. The minimum absolute atomic E-state index is 0.0384. The average Bonchev–Trinajstić information content (AvgIpc) is 2.54. The molecule has 0 unspecified atom stereocenters. The van der Waals surface area contributed by atoms with E-state index < -0.39 is 10.9 Å². The fourth-order valence-electron chi connectivity index (χ4n) is 2.65. The standard InChI is InChI=1S/C16H22N2O4/c1-12(11-17-14-5-3-2-4-6-14)22-16(19)13-7-9-15(10-8-13)18(20)21/h7-10,12,14,17H,2-6,11H2,1H3/t12-/m1/s1. The Kier molecular flexibility index (Phi) is 5.89.